The molecule has 0 atom stereocenters. The summed E-state index contributed by atoms with van der Waals surface area (Å²) in [6.07, 6.45) is -0.879. The van der Waals surface area contributed by atoms with E-state index in [1.54, 1.807) is 0 Å². The van der Waals surface area contributed by atoms with Gasteiger partial charge in [-0.25, -0.2) is 4.39 Å². The van der Waals surface area contributed by atoms with Gasteiger partial charge in [-0.15, -0.1) is 0 Å². The van der Waals surface area contributed by atoms with Crippen molar-refractivity contribution in [2.24, 2.45) is 5.92 Å². The summed E-state index contributed by atoms with van der Waals surface area (Å²) < 4.78 is 46.3. The molecule has 2 nitrogen and oxygen atoms in total. The Morgan fingerprint density at radius 2 is 1.84 bits per heavy atom. The minimum atomic E-state index is -3.26. The van der Waals surface area contributed by atoms with Gasteiger partial charge in [-0.3, -0.25) is 0 Å². The molecule has 19 heavy (non-hydrogen) atoms. The molecule has 1 fully saturated rings. The first kappa shape index (κ1) is 14.7. The number of alkyl halides is 3. The molecule has 0 spiro atoms. The summed E-state index contributed by atoms with van der Waals surface area (Å²) in [5.41, 5.74) is 5.21. The lowest BCUT2D eigenvalue weighted by atomic mass is 9.88. The molecule has 0 unspecified atom stereocenters. The van der Waals surface area contributed by atoms with E-state index in [2.05, 4.69) is 27.3 Å². The molecule has 0 aromatic heterocycles. The van der Waals surface area contributed by atoms with Crippen molar-refractivity contribution in [1.29, 1.82) is 0 Å². The third-order valence-corrected chi connectivity index (χ3v) is 4.60. The van der Waals surface area contributed by atoms with E-state index >= 15 is 0 Å². The van der Waals surface area contributed by atoms with Crippen molar-refractivity contribution in [2.75, 3.05) is 5.73 Å². The van der Waals surface area contributed by atoms with Crippen molar-refractivity contribution in [3.8, 4) is 5.75 Å². The molecule has 106 valence electrons. The van der Waals surface area contributed by atoms with Gasteiger partial charge in [0.05, 0.1) is 11.6 Å². The Kier molecular flexibility index (Phi) is 4.47. The highest BCUT2D eigenvalue weighted by Gasteiger charge is 2.43. The average molecular weight is 385 g/mol. The maximum Gasteiger partial charge on any atom is 0.400 e. The van der Waals surface area contributed by atoms with E-state index in [1.807, 2.05) is 0 Å². The molecule has 0 amide bonds. The van der Waals surface area contributed by atoms with Crippen LogP contribution in [0.25, 0.3) is 0 Å². The number of rotatable bonds is 3. The van der Waals surface area contributed by atoms with E-state index in [0.29, 0.717) is 16.8 Å². The monoisotopic (exact) mass is 385 g/mol. The summed E-state index contributed by atoms with van der Waals surface area (Å²) in [4.78, 5) is 0. The first-order valence-corrected chi connectivity index (χ1v) is 7.39. The Hall–Kier alpha value is -0.660. The second-order valence-electron chi connectivity index (χ2n) is 4.80. The number of ether oxygens (including phenoxy) is 1. The maximum absolute atomic E-state index is 14.0. The highest BCUT2D eigenvalue weighted by atomic mass is 127. The molecule has 0 bridgehead atoms. The SMILES string of the molecule is Nc1ccc(OC(F)(F)C2CCC(I)CC2)cc1F. The Morgan fingerprint density at radius 1 is 1.21 bits per heavy atom. The predicted octanol–water partition coefficient (Wildman–Crippen LogP) is 4.37. The zero-order valence-corrected chi connectivity index (χ0v) is 12.4. The Morgan fingerprint density at radius 3 is 2.42 bits per heavy atom. The molecule has 2 N–H and O–H groups in total. The molecule has 0 heterocycles. The van der Waals surface area contributed by atoms with Gasteiger partial charge in [0, 0.05) is 9.99 Å². The van der Waals surface area contributed by atoms with E-state index in [9.17, 15) is 13.2 Å². The van der Waals surface area contributed by atoms with Crippen LogP contribution in [-0.4, -0.2) is 10.0 Å². The molecule has 0 aliphatic heterocycles. The van der Waals surface area contributed by atoms with E-state index in [1.165, 1.54) is 12.1 Å². The molecular formula is C13H15F3INO. The van der Waals surface area contributed by atoms with Crippen LogP contribution in [0.5, 0.6) is 5.75 Å². The number of anilines is 1. The predicted molar refractivity (Wildman–Crippen MR) is 76.2 cm³/mol. The standard InChI is InChI=1S/C13H15F3INO/c14-11-7-10(5-6-12(11)18)19-13(15,16)8-1-3-9(17)4-2-8/h5-9H,1-4,18H2. The van der Waals surface area contributed by atoms with E-state index in [0.717, 1.165) is 18.9 Å². The molecule has 1 saturated carbocycles. The normalized spacial score (nSPS) is 24.2. The third-order valence-electron chi connectivity index (χ3n) is 3.36. The van der Waals surface area contributed by atoms with Crippen molar-refractivity contribution >= 4 is 28.3 Å². The van der Waals surface area contributed by atoms with Crippen LogP contribution in [-0.2, 0) is 0 Å². The van der Waals surface area contributed by atoms with Crippen molar-refractivity contribution in [1.82, 2.24) is 0 Å². The second-order valence-corrected chi connectivity index (χ2v) is 6.56. The second kappa shape index (κ2) is 5.76. The molecular weight excluding hydrogens is 370 g/mol. The summed E-state index contributed by atoms with van der Waals surface area (Å²) in [6.45, 7) is 0. The first-order valence-electron chi connectivity index (χ1n) is 6.14. The molecule has 1 aromatic rings. The fourth-order valence-corrected chi connectivity index (χ4v) is 2.92. The first-order chi connectivity index (χ1) is 8.88. The number of nitrogens with two attached hydrogens (primary N) is 1. The highest BCUT2D eigenvalue weighted by Crippen LogP contribution is 2.40. The number of hydrogen-bond donors (Lipinski definition) is 1. The molecule has 1 aliphatic carbocycles. The van der Waals surface area contributed by atoms with Gasteiger partial charge in [-0.2, -0.15) is 8.78 Å². The zero-order valence-electron chi connectivity index (χ0n) is 10.2. The lowest BCUT2D eigenvalue weighted by Crippen LogP contribution is -2.37. The topological polar surface area (TPSA) is 35.2 Å². The van der Waals surface area contributed by atoms with E-state index in [4.69, 9.17) is 5.73 Å². The van der Waals surface area contributed by atoms with Crippen LogP contribution in [0.3, 0.4) is 0 Å². The number of nitrogen functional groups attached to an aromatic ring is 1. The van der Waals surface area contributed by atoms with Gasteiger partial charge in [0.2, 0.25) is 0 Å². The fraction of sp³-hybridized carbons (Fsp3) is 0.538. The summed E-state index contributed by atoms with van der Waals surface area (Å²) in [6, 6.07) is 3.38. The van der Waals surface area contributed by atoms with Crippen molar-refractivity contribution in [3.63, 3.8) is 0 Å². The zero-order chi connectivity index (χ0) is 14.0. The van der Waals surface area contributed by atoms with Crippen LogP contribution in [0.2, 0.25) is 0 Å². The van der Waals surface area contributed by atoms with Gasteiger partial charge < -0.3 is 10.5 Å². The van der Waals surface area contributed by atoms with Gasteiger partial charge in [0.15, 0.2) is 0 Å². The van der Waals surface area contributed by atoms with E-state index < -0.39 is 17.8 Å². The van der Waals surface area contributed by atoms with Crippen LogP contribution < -0.4 is 10.5 Å². The van der Waals surface area contributed by atoms with Gasteiger partial charge in [-0.1, -0.05) is 22.6 Å². The van der Waals surface area contributed by atoms with Crippen LogP contribution in [0.4, 0.5) is 18.9 Å². The van der Waals surface area contributed by atoms with Gasteiger partial charge in [0.25, 0.3) is 0 Å². The Balaban J connectivity index is 2.05. The number of halogens is 4. The third kappa shape index (κ3) is 3.67. The van der Waals surface area contributed by atoms with Gasteiger partial charge in [-0.05, 0) is 37.8 Å². The highest BCUT2D eigenvalue weighted by molar-refractivity contribution is 14.1. The van der Waals surface area contributed by atoms with Crippen LogP contribution in [0.1, 0.15) is 25.7 Å². The average Bonchev–Trinajstić information content (AvgIpc) is 2.34. The van der Waals surface area contributed by atoms with Crippen molar-refractivity contribution in [2.45, 2.75) is 35.7 Å². The molecule has 1 aromatic carbocycles. The summed E-state index contributed by atoms with van der Waals surface area (Å²) >= 11 is 2.28. The largest absolute Gasteiger partial charge is 0.432 e. The summed E-state index contributed by atoms with van der Waals surface area (Å²) in [5.74, 6) is -1.74. The van der Waals surface area contributed by atoms with Gasteiger partial charge >= 0.3 is 6.11 Å². The van der Waals surface area contributed by atoms with Crippen molar-refractivity contribution in [3.05, 3.63) is 24.0 Å². The smallest absolute Gasteiger partial charge is 0.400 e. The summed E-state index contributed by atoms with van der Waals surface area (Å²) in [5, 5.41) is 0. The van der Waals surface area contributed by atoms with Crippen LogP contribution in [0, 0.1) is 11.7 Å². The number of hydrogen-bond acceptors (Lipinski definition) is 2. The molecule has 0 radical (unpaired) electrons. The minimum absolute atomic E-state index is 0.0823. The quantitative estimate of drug-likeness (QED) is 0.477. The van der Waals surface area contributed by atoms with Gasteiger partial charge in [0.1, 0.15) is 11.6 Å². The minimum Gasteiger partial charge on any atom is -0.432 e. The van der Waals surface area contributed by atoms with Crippen molar-refractivity contribution < 1.29 is 17.9 Å². The molecule has 0 saturated heterocycles. The Bertz CT molecular complexity index is 448. The lowest BCUT2D eigenvalue weighted by Gasteiger charge is -2.31. The number of benzene rings is 1. The summed E-state index contributed by atoms with van der Waals surface area (Å²) in [7, 11) is 0. The molecule has 6 heteroatoms. The maximum atomic E-state index is 14.0. The van der Waals surface area contributed by atoms with E-state index in [-0.39, 0.29) is 11.4 Å². The van der Waals surface area contributed by atoms with Crippen LogP contribution >= 0.6 is 22.6 Å². The lowest BCUT2D eigenvalue weighted by molar-refractivity contribution is -0.221. The fourth-order valence-electron chi connectivity index (χ4n) is 2.20. The molecule has 1 aliphatic rings. The van der Waals surface area contributed by atoms with Crippen LogP contribution in [0.15, 0.2) is 18.2 Å². The molecule has 2 rings (SSSR count). The Labute approximate surface area is 123 Å².